The highest BCUT2D eigenvalue weighted by atomic mass is 19.1. The number of aliphatic hydroxyl groups is 1. The van der Waals surface area contributed by atoms with E-state index in [-0.39, 0.29) is 25.5 Å². The van der Waals surface area contributed by atoms with Crippen molar-refractivity contribution in [1.29, 1.82) is 0 Å². The molecule has 2 aromatic carbocycles. The molecule has 150 valence electrons. The Hall–Kier alpha value is -3.32. The molecule has 0 spiro atoms. The monoisotopic (exact) mass is 396 g/mol. The Morgan fingerprint density at radius 1 is 1.14 bits per heavy atom. The van der Waals surface area contributed by atoms with Crippen LogP contribution in [0.1, 0.15) is 18.2 Å². The maximum atomic E-state index is 14.0. The molecule has 1 atom stereocenters. The second kappa shape index (κ2) is 9.75. The molecule has 7 heteroatoms. The van der Waals surface area contributed by atoms with Crippen molar-refractivity contribution in [1.82, 2.24) is 9.97 Å². The number of nitrogens with zero attached hydrogens (tertiary/aromatic N) is 2. The van der Waals surface area contributed by atoms with E-state index < -0.39 is 17.9 Å². The summed E-state index contributed by atoms with van der Waals surface area (Å²) in [5.74, 6) is -0.284. The number of carbonyl (C=O) groups excluding carboxylic acids is 1. The van der Waals surface area contributed by atoms with Crippen LogP contribution in [0.25, 0.3) is 11.4 Å². The molecule has 0 bridgehead atoms. The van der Waals surface area contributed by atoms with Gasteiger partial charge in [0, 0.05) is 12.6 Å². The topological polar surface area (TPSA) is 81.5 Å². The normalized spacial score (nSPS) is 11.7. The van der Waals surface area contributed by atoms with Crippen LogP contribution in [0.4, 0.5) is 4.39 Å². The summed E-state index contributed by atoms with van der Waals surface area (Å²) >= 11 is 0. The number of aliphatic hydroxyl groups excluding tert-OH is 1. The maximum absolute atomic E-state index is 14.0. The average Bonchev–Trinajstić information content (AvgIpc) is 2.74. The van der Waals surface area contributed by atoms with Crippen LogP contribution in [0.2, 0.25) is 0 Å². The number of esters is 1. The van der Waals surface area contributed by atoms with Gasteiger partial charge in [-0.3, -0.25) is 0 Å². The third kappa shape index (κ3) is 5.36. The van der Waals surface area contributed by atoms with E-state index in [9.17, 15) is 14.3 Å². The highest BCUT2D eigenvalue weighted by Gasteiger charge is 2.19. The number of hydrogen-bond donors (Lipinski definition) is 1. The van der Waals surface area contributed by atoms with Crippen LogP contribution >= 0.6 is 0 Å². The van der Waals surface area contributed by atoms with Crippen LogP contribution in [-0.4, -0.2) is 33.8 Å². The third-order valence-corrected chi connectivity index (χ3v) is 4.15. The molecular weight excluding hydrogens is 375 g/mol. The Bertz CT molecular complexity index is 980. The van der Waals surface area contributed by atoms with Gasteiger partial charge in [-0.2, -0.15) is 0 Å². The first-order valence-electron chi connectivity index (χ1n) is 9.20. The van der Waals surface area contributed by atoms with Gasteiger partial charge in [0.15, 0.2) is 11.9 Å². The molecule has 3 aromatic rings. The summed E-state index contributed by atoms with van der Waals surface area (Å²) in [6.45, 7) is 2.00. The van der Waals surface area contributed by atoms with Crippen LogP contribution in [-0.2, 0) is 22.6 Å². The summed E-state index contributed by atoms with van der Waals surface area (Å²) in [7, 11) is 0. The first kappa shape index (κ1) is 20.4. The van der Waals surface area contributed by atoms with E-state index >= 15 is 0 Å². The summed E-state index contributed by atoms with van der Waals surface area (Å²) in [5.41, 5.74) is 1.54. The quantitative estimate of drug-likeness (QED) is 0.588. The van der Waals surface area contributed by atoms with Crippen LogP contribution in [0.5, 0.6) is 5.75 Å². The largest absolute Gasteiger partial charge is 0.487 e. The van der Waals surface area contributed by atoms with Crippen molar-refractivity contribution in [3.8, 4) is 17.1 Å². The summed E-state index contributed by atoms with van der Waals surface area (Å²) in [6, 6.07) is 15.1. The van der Waals surface area contributed by atoms with E-state index in [0.717, 1.165) is 0 Å². The molecule has 29 heavy (non-hydrogen) atoms. The fourth-order valence-corrected chi connectivity index (χ4v) is 2.74. The number of rotatable bonds is 8. The van der Waals surface area contributed by atoms with E-state index in [1.165, 1.54) is 6.07 Å². The highest BCUT2D eigenvalue weighted by Crippen LogP contribution is 2.22. The summed E-state index contributed by atoms with van der Waals surface area (Å²) in [6.07, 6.45) is 0.342. The lowest BCUT2D eigenvalue weighted by atomic mass is 10.1. The zero-order chi connectivity index (χ0) is 20.6. The van der Waals surface area contributed by atoms with Gasteiger partial charge in [-0.1, -0.05) is 30.3 Å². The van der Waals surface area contributed by atoms with Gasteiger partial charge in [-0.05, 0) is 36.8 Å². The zero-order valence-corrected chi connectivity index (χ0v) is 15.9. The van der Waals surface area contributed by atoms with Gasteiger partial charge < -0.3 is 14.6 Å². The van der Waals surface area contributed by atoms with Crippen LogP contribution < -0.4 is 4.74 Å². The molecule has 1 aromatic heterocycles. The van der Waals surface area contributed by atoms with Crippen molar-refractivity contribution >= 4 is 5.97 Å². The Labute approximate surface area is 168 Å². The molecular formula is C22H21FN2O4. The fourth-order valence-electron chi connectivity index (χ4n) is 2.74. The van der Waals surface area contributed by atoms with Gasteiger partial charge in [0.1, 0.15) is 18.2 Å². The SMILES string of the molecule is CCOC(=O)[C@H](O)Cc1ccccc1OCc1ccnc(-c2ccccc2F)n1. The first-order valence-corrected chi connectivity index (χ1v) is 9.20. The molecule has 0 radical (unpaired) electrons. The number of ether oxygens (including phenoxy) is 2. The molecule has 0 unspecified atom stereocenters. The lowest BCUT2D eigenvalue weighted by Crippen LogP contribution is -2.25. The van der Waals surface area contributed by atoms with E-state index in [0.29, 0.717) is 22.6 Å². The predicted octanol–water partition coefficient (Wildman–Crippen LogP) is 3.33. The number of halogens is 1. The Morgan fingerprint density at radius 2 is 1.90 bits per heavy atom. The van der Waals surface area contributed by atoms with Crippen molar-refractivity contribution in [2.45, 2.75) is 26.1 Å². The number of hydrogen-bond acceptors (Lipinski definition) is 6. The summed E-state index contributed by atoms with van der Waals surface area (Å²) in [4.78, 5) is 20.2. The molecule has 0 saturated heterocycles. The Kier molecular flexibility index (Phi) is 6.86. The maximum Gasteiger partial charge on any atom is 0.335 e. The van der Waals surface area contributed by atoms with Crippen LogP contribution in [0.3, 0.4) is 0 Å². The molecule has 6 nitrogen and oxygen atoms in total. The lowest BCUT2D eigenvalue weighted by molar-refractivity contribution is -0.152. The van der Waals surface area contributed by atoms with E-state index in [4.69, 9.17) is 9.47 Å². The van der Waals surface area contributed by atoms with Crippen molar-refractivity contribution in [2.75, 3.05) is 6.61 Å². The molecule has 0 fully saturated rings. The number of para-hydroxylation sites is 1. The van der Waals surface area contributed by atoms with Gasteiger partial charge >= 0.3 is 5.97 Å². The number of benzene rings is 2. The second-order valence-electron chi connectivity index (χ2n) is 6.22. The van der Waals surface area contributed by atoms with E-state index in [1.54, 1.807) is 61.7 Å². The minimum Gasteiger partial charge on any atom is -0.487 e. The third-order valence-electron chi connectivity index (χ3n) is 4.15. The number of carbonyl (C=O) groups is 1. The zero-order valence-electron chi connectivity index (χ0n) is 15.9. The van der Waals surface area contributed by atoms with E-state index in [2.05, 4.69) is 9.97 Å². The fraction of sp³-hybridized carbons (Fsp3) is 0.227. The molecule has 3 rings (SSSR count). The standard InChI is InChI=1S/C22H21FN2O4/c1-2-28-22(27)19(26)13-15-7-3-6-10-20(15)29-14-16-11-12-24-21(25-16)17-8-4-5-9-18(17)23/h3-12,19,26H,2,13-14H2,1H3/t19-/m1/s1. The van der Waals surface area contributed by atoms with Crippen molar-refractivity contribution in [3.63, 3.8) is 0 Å². The van der Waals surface area contributed by atoms with Gasteiger partial charge in [-0.15, -0.1) is 0 Å². The smallest absolute Gasteiger partial charge is 0.335 e. The molecule has 1 heterocycles. The minimum atomic E-state index is -1.27. The number of aromatic nitrogens is 2. The summed E-state index contributed by atoms with van der Waals surface area (Å²) < 4.78 is 24.6. The van der Waals surface area contributed by atoms with Gasteiger partial charge in [0.2, 0.25) is 0 Å². The molecule has 1 N–H and O–H groups in total. The summed E-state index contributed by atoms with van der Waals surface area (Å²) in [5, 5.41) is 10.0. The first-order chi connectivity index (χ1) is 14.1. The van der Waals surface area contributed by atoms with Crippen LogP contribution in [0, 0.1) is 5.82 Å². The minimum absolute atomic E-state index is 0.0687. The molecule has 0 aliphatic carbocycles. The van der Waals surface area contributed by atoms with Crippen molar-refractivity contribution < 1.29 is 23.8 Å². The lowest BCUT2D eigenvalue weighted by Gasteiger charge is -2.14. The Morgan fingerprint density at radius 3 is 2.69 bits per heavy atom. The highest BCUT2D eigenvalue weighted by molar-refractivity contribution is 5.74. The van der Waals surface area contributed by atoms with Crippen molar-refractivity contribution in [2.24, 2.45) is 0 Å². The van der Waals surface area contributed by atoms with Crippen molar-refractivity contribution in [3.05, 3.63) is 77.9 Å². The second-order valence-corrected chi connectivity index (χ2v) is 6.22. The Balaban J connectivity index is 1.72. The van der Waals surface area contributed by atoms with Crippen LogP contribution in [0.15, 0.2) is 60.8 Å². The molecule has 0 amide bonds. The van der Waals surface area contributed by atoms with Gasteiger partial charge in [-0.25, -0.2) is 19.2 Å². The molecule has 0 aliphatic heterocycles. The van der Waals surface area contributed by atoms with Gasteiger partial charge in [0.05, 0.1) is 17.9 Å². The van der Waals surface area contributed by atoms with E-state index in [1.807, 2.05) is 0 Å². The molecule has 0 saturated carbocycles. The average molecular weight is 396 g/mol. The predicted molar refractivity (Wildman–Crippen MR) is 105 cm³/mol. The van der Waals surface area contributed by atoms with Gasteiger partial charge in [0.25, 0.3) is 0 Å². The molecule has 0 aliphatic rings.